The fourth-order valence-electron chi connectivity index (χ4n) is 2.15. The average molecular weight is 376 g/mol. The molecule has 1 aromatic heterocycles. The van der Waals surface area contributed by atoms with E-state index in [2.05, 4.69) is 17.2 Å². The summed E-state index contributed by atoms with van der Waals surface area (Å²) in [6, 6.07) is 7.67. The summed E-state index contributed by atoms with van der Waals surface area (Å²) in [4.78, 5) is 16.6. The number of halogens is 2. The third-order valence-corrected chi connectivity index (χ3v) is 4.43. The van der Waals surface area contributed by atoms with Crippen LogP contribution in [0.15, 0.2) is 29.6 Å². The van der Waals surface area contributed by atoms with Crippen molar-refractivity contribution in [1.29, 1.82) is 0 Å². The first-order valence-electron chi connectivity index (χ1n) is 7.15. The zero-order chi connectivity index (χ0) is 15.2. The van der Waals surface area contributed by atoms with E-state index in [1.165, 1.54) is 0 Å². The number of amides is 1. The van der Waals surface area contributed by atoms with Gasteiger partial charge in [-0.05, 0) is 31.4 Å². The summed E-state index contributed by atoms with van der Waals surface area (Å²) in [5, 5.41) is 6.04. The number of anilines is 1. The number of benzene rings is 1. The summed E-state index contributed by atoms with van der Waals surface area (Å²) >= 11 is 1.60. The van der Waals surface area contributed by atoms with Crippen molar-refractivity contribution < 1.29 is 4.79 Å². The van der Waals surface area contributed by atoms with Gasteiger partial charge in [0.05, 0.1) is 6.04 Å². The van der Waals surface area contributed by atoms with Gasteiger partial charge in [-0.15, -0.1) is 36.2 Å². The van der Waals surface area contributed by atoms with E-state index in [1.54, 1.807) is 11.3 Å². The molecule has 0 aliphatic rings. The smallest absolute Gasteiger partial charge is 0.220 e. The second kappa shape index (κ2) is 10.5. The number of nitrogens with zero attached hydrogens (tertiary/aromatic N) is 1. The maximum atomic E-state index is 12.1. The molecule has 2 rings (SSSR count). The van der Waals surface area contributed by atoms with E-state index in [1.807, 2.05) is 36.6 Å². The maximum Gasteiger partial charge on any atom is 0.220 e. The van der Waals surface area contributed by atoms with Gasteiger partial charge in [0.25, 0.3) is 0 Å². The number of carbonyl (C=O) groups is 1. The second-order valence-corrected chi connectivity index (χ2v) is 5.94. The van der Waals surface area contributed by atoms with Crippen molar-refractivity contribution in [2.24, 2.45) is 0 Å². The summed E-state index contributed by atoms with van der Waals surface area (Å²) in [5.74, 6) is 0.0398. The lowest BCUT2D eigenvalue weighted by Crippen LogP contribution is -2.28. The molecular formula is C16H23Cl2N3OS. The van der Waals surface area contributed by atoms with E-state index >= 15 is 0 Å². The Balaban J connectivity index is 0.00000242. The van der Waals surface area contributed by atoms with Crippen LogP contribution in [-0.4, -0.2) is 10.9 Å². The summed E-state index contributed by atoms with van der Waals surface area (Å²) in [6.07, 6.45) is 1.94. The standard InChI is InChI=1S/C16H21N3OS.2ClH/c1-3-14(16-18-11(2)10-21-16)19-15(20)9-8-12-6-4-5-7-13(12)17;;/h4-7,10,14H,3,8-9,17H2,1-2H3,(H,19,20);2*1H. The Morgan fingerprint density at radius 1 is 1.35 bits per heavy atom. The van der Waals surface area contributed by atoms with Gasteiger partial charge in [0.1, 0.15) is 5.01 Å². The van der Waals surface area contributed by atoms with Crippen LogP contribution in [0.25, 0.3) is 0 Å². The van der Waals surface area contributed by atoms with Crippen molar-refractivity contribution in [1.82, 2.24) is 10.3 Å². The molecule has 1 amide bonds. The molecule has 1 heterocycles. The fraction of sp³-hybridized carbons (Fsp3) is 0.375. The number of rotatable bonds is 6. The molecule has 0 fully saturated rings. The molecule has 0 aliphatic carbocycles. The summed E-state index contributed by atoms with van der Waals surface area (Å²) < 4.78 is 0. The lowest BCUT2D eigenvalue weighted by molar-refractivity contribution is -0.121. The summed E-state index contributed by atoms with van der Waals surface area (Å²) in [6.45, 7) is 4.02. The van der Waals surface area contributed by atoms with E-state index in [9.17, 15) is 4.79 Å². The van der Waals surface area contributed by atoms with Crippen LogP contribution in [0, 0.1) is 6.92 Å². The van der Waals surface area contributed by atoms with Crippen molar-refractivity contribution in [3.8, 4) is 0 Å². The lowest BCUT2D eigenvalue weighted by Gasteiger charge is -2.14. The molecule has 0 saturated heterocycles. The summed E-state index contributed by atoms with van der Waals surface area (Å²) in [7, 11) is 0. The molecule has 0 aliphatic heterocycles. The topological polar surface area (TPSA) is 68.0 Å². The quantitative estimate of drug-likeness (QED) is 0.747. The highest BCUT2D eigenvalue weighted by Crippen LogP contribution is 2.21. The number of para-hydroxylation sites is 1. The molecule has 1 aromatic carbocycles. The number of hydrogen-bond donors (Lipinski definition) is 2. The van der Waals surface area contributed by atoms with Crippen molar-refractivity contribution in [3.05, 3.63) is 45.9 Å². The second-order valence-electron chi connectivity index (χ2n) is 5.05. The average Bonchev–Trinajstić information content (AvgIpc) is 2.90. The highest BCUT2D eigenvalue weighted by molar-refractivity contribution is 7.09. The largest absolute Gasteiger partial charge is 0.399 e. The van der Waals surface area contributed by atoms with Crippen molar-refractivity contribution >= 4 is 47.7 Å². The number of aromatic nitrogens is 1. The van der Waals surface area contributed by atoms with Crippen molar-refractivity contribution in [2.45, 2.75) is 39.2 Å². The van der Waals surface area contributed by atoms with Crippen LogP contribution in [0.5, 0.6) is 0 Å². The molecule has 3 N–H and O–H groups in total. The molecule has 7 heteroatoms. The van der Waals surface area contributed by atoms with Gasteiger partial charge in [-0.1, -0.05) is 25.1 Å². The van der Waals surface area contributed by atoms with Crippen LogP contribution >= 0.6 is 36.2 Å². The van der Waals surface area contributed by atoms with Crippen LogP contribution in [0.2, 0.25) is 0 Å². The highest BCUT2D eigenvalue weighted by Gasteiger charge is 2.15. The monoisotopic (exact) mass is 375 g/mol. The Kier molecular flexibility index (Phi) is 9.88. The van der Waals surface area contributed by atoms with E-state index in [0.29, 0.717) is 12.8 Å². The fourth-order valence-corrected chi connectivity index (χ4v) is 3.08. The van der Waals surface area contributed by atoms with E-state index in [-0.39, 0.29) is 36.8 Å². The molecule has 1 atom stereocenters. The summed E-state index contributed by atoms with van der Waals surface area (Å²) in [5.41, 5.74) is 8.65. The van der Waals surface area contributed by atoms with Gasteiger partial charge < -0.3 is 11.1 Å². The minimum atomic E-state index is 0. The van der Waals surface area contributed by atoms with Crippen LogP contribution < -0.4 is 11.1 Å². The van der Waals surface area contributed by atoms with E-state index < -0.39 is 0 Å². The number of carbonyl (C=O) groups excluding carboxylic acids is 1. The molecule has 0 spiro atoms. The predicted octanol–water partition coefficient (Wildman–Crippen LogP) is 4.08. The van der Waals surface area contributed by atoms with Crippen LogP contribution in [0.1, 0.15) is 42.1 Å². The minimum absolute atomic E-state index is 0. The van der Waals surface area contributed by atoms with E-state index in [0.717, 1.165) is 28.4 Å². The molecular weight excluding hydrogens is 353 g/mol. The van der Waals surface area contributed by atoms with Gasteiger partial charge in [0.15, 0.2) is 0 Å². The van der Waals surface area contributed by atoms with Gasteiger partial charge in [-0.3, -0.25) is 4.79 Å². The van der Waals surface area contributed by atoms with Gasteiger partial charge in [0.2, 0.25) is 5.91 Å². The number of thiazole rings is 1. The lowest BCUT2D eigenvalue weighted by atomic mass is 10.1. The highest BCUT2D eigenvalue weighted by atomic mass is 35.5. The van der Waals surface area contributed by atoms with Gasteiger partial charge in [-0.25, -0.2) is 4.98 Å². The maximum absolute atomic E-state index is 12.1. The van der Waals surface area contributed by atoms with Crippen molar-refractivity contribution in [3.63, 3.8) is 0 Å². The SMILES string of the molecule is CCC(NC(=O)CCc1ccccc1N)c1nc(C)cs1.Cl.Cl. The predicted molar refractivity (Wildman–Crippen MR) is 102 cm³/mol. The Hall–Kier alpha value is -1.30. The molecule has 0 saturated carbocycles. The minimum Gasteiger partial charge on any atom is -0.399 e. The van der Waals surface area contributed by atoms with E-state index in [4.69, 9.17) is 5.73 Å². The first-order chi connectivity index (χ1) is 10.1. The zero-order valence-electron chi connectivity index (χ0n) is 13.2. The third kappa shape index (κ3) is 6.37. The van der Waals surface area contributed by atoms with Crippen LogP contribution in [0.3, 0.4) is 0 Å². The Labute approximate surface area is 153 Å². The molecule has 2 aromatic rings. The molecule has 0 radical (unpaired) electrons. The Morgan fingerprint density at radius 2 is 2.04 bits per heavy atom. The number of nitrogen functional groups attached to an aromatic ring is 1. The van der Waals surface area contributed by atoms with Gasteiger partial charge in [-0.2, -0.15) is 0 Å². The zero-order valence-corrected chi connectivity index (χ0v) is 15.7. The van der Waals surface area contributed by atoms with Crippen LogP contribution in [0.4, 0.5) is 5.69 Å². The number of nitrogens with one attached hydrogen (secondary N) is 1. The number of hydrogen-bond acceptors (Lipinski definition) is 4. The molecule has 128 valence electrons. The van der Waals surface area contributed by atoms with Gasteiger partial charge >= 0.3 is 0 Å². The normalized spacial score (nSPS) is 11.0. The molecule has 1 unspecified atom stereocenters. The Bertz CT molecular complexity index is 619. The first kappa shape index (κ1) is 21.7. The number of nitrogens with two attached hydrogens (primary N) is 1. The van der Waals surface area contributed by atoms with Gasteiger partial charge in [0, 0.05) is 23.2 Å². The Morgan fingerprint density at radius 3 is 2.61 bits per heavy atom. The third-order valence-electron chi connectivity index (χ3n) is 3.35. The van der Waals surface area contributed by atoms with Crippen molar-refractivity contribution in [2.75, 3.05) is 5.73 Å². The molecule has 0 bridgehead atoms. The molecule has 23 heavy (non-hydrogen) atoms. The number of aryl methyl sites for hydroxylation is 2. The molecule has 4 nitrogen and oxygen atoms in total. The van der Waals surface area contributed by atoms with Crippen LogP contribution in [-0.2, 0) is 11.2 Å². The first-order valence-corrected chi connectivity index (χ1v) is 8.03.